The lowest BCUT2D eigenvalue weighted by atomic mass is 9.93. The molecule has 1 aliphatic carbocycles. The summed E-state index contributed by atoms with van der Waals surface area (Å²) in [4.78, 5) is 10.8. The normalized spacial score (nSPS) is 21.4. The van der Waals surface area contributed by atoms with Crippen LogP contribution in [0.1, 0.15) is 37.3 Å². The fourth-order valence-electron chi connectivity index (χ4n) is 2.72. The fraction of sp³-hybridized carbons (Fsp3) is 0.438. The highest BCUT2D eigenvalue weighted by Gasteiger charge is 2.21. The maximum Gasteiger partial charge on any atom is 0.328 e. The second-order valence-electron chi connectivity index (χ2n) is 5.02. The van der Waals surface area contributed by atoms with Crippen LogP contribution in [0.5, 0.6) is 0 Å². The molecule has 0 aromatic heterocycles. The molecule has 1 N–H and O–H groups in total. The molecule has 18 heavy (non-hydrogen) atoms. The van der Waals surface area contributed by atoms with Gasteiger partial charge in [0.1, 0.15) is 0 Å². The van der Waals surface area contributed by atoms with Gasteiger partial charge < -0.3 is 5.11 Å². The summed E-state index contributed by atoms with van der Waals surface area (Å²) in [5.74, 6) is -0.383. The van der Waals surface area contributed by atoms with Crippen LogP contribution in [0.25, 0.3) is 0 Å². The van der Waals surface area contributed by atoms with Gasteiger partial charge in [-0.25, -0.2) is 4.79 Å². The molecule has 2 nitrogen and oxygen atoms in total. The van der Waals surface area contributed by atoms with Gasteiger partial charge in [-0.3, -0.25) is 0 Å². The highest BCUT2D eigenvalue weighted by Crippen LogP contribution is 2.33. The molecule has 0 radical (unpaired) electrons. The van der Waals surface area contributed by atoms with Gasteiger partial charge in [-0.1, -0.05) is 36.8 Å². The lowest BCUT2D eigenvalue weighted by molar-refractivity contribution is -0.131. The third-order valence-corrected chi connectivity index (χ3v) is 3.76. The number of carboxylic acids is 1. The average Bonchev–Trinajstić information content (AvgIpc) is 2.77. The van der Waals surface area contributed by atoms with Crippen LogP contribution < -0.4 is 0 Å². The predicted molar refractivity (Wildman–Crippen MR) is 72.6 cm³/mol. The first-order valence-corrected chi connectivity index (χ1v) is 6.70. The number of aliphatic carboxylic acids is 1. The summed E-state index contributed by atoms with van der Waals surface area (Å²) >= 11 is 0. The molecule has 1 atom stereocenters. The van der Waals surface area contributed by atoms with Gasteiger partial charge in [0.2, 0.25) is 0 Å². The van der Waals surface area contributed by atoms with E-state index < -0.39 is 5.97 Å². The van der Waals surface area contributed by atoms with Gasteiger partial charge in [0.05, 0.1) is 0 Å². The fourth-order valence-corrected chi connectivity index (χ4v) is 2.72. The summed E-state index contributed by atoms with van der Waals surface area (Å²) in [6, 6.07) is 8.70. The lowest BCUT2D eigenvalue weighted by Gasteiger charge is -2.12. The standard InChI is InChI=1S/C16H20O2/c1-2-12-6-8-13(9-7-12)10-14-4-3-5-15(14)11-16(17)18/h6-9,11,14H,2-5,10H2,1H3,(H,17,18)/b15-11+. The molecule has 2 heteroatoms. The van der Waals surface area contributed by atoms with E-state index >= 15 is 0 Å². The molecule has 1 unspecified atom stereocenters. The Labute approximate surface area is 108 Å². The zero-order valence-electron chi connectivity index (χ0n) is 10.9. The van der Waals surface area contributed by atoms with Crippen molar-refractivity contribution in [1.29, 1.82) is 0 Å². The first-order valence-electron chi connectivity index (χ1n) is 6.70. The quantitative estimate of drug-likeness (QED) is 0.822. The minimum atomic E-state index is -0.807. The topological polar surface area (TPSA) is 37.3 Å². The molecule has 0 amide bonds. The zero-order valence-corrected chi connectivity index (χ0v) is 10.9. The number of aryl methyl sites for hydroxylation is 1. The lowest BCUT2D eigenvalue weighted by Crippen LogP contribution is -2.04. The SMILES string of the molecule is CCc1ccc(CC2CCC/C2=C\C(=O)O)cc1. The van der Waals surface area contributed by atoms with Crippen molar-refractivity contribution in [1.82, 2.24) is 0 Å². The van der Waals surface area contributed by atoms with Crippen LogP contribution >= 0.6 is 0 Å². The van der Waals surface area contributed by atoms with Crippen LogP contribution in [-0.2, 0) is 17.6 Å². The van der Waals surface area contributed by atoms with Crippen LogP contribution in [0, 0.1) is 5.92 Å². The van der Waals surface area contributed by atoms with Crippen LogP contribution in [0.4, 0.5) is 0 Å². The number of hydrogen-bond acceptors (Lipinski definition) is 1. The first-order chi connectivity index (χ1) is 8.69. The molecule has 1 aliphatic rings. The maximum absolute atomic E-state index is 10.8. The van der Waals surface area contributed by atoms with Gasteiger partial charge >= 0.3 is 5.97 Å². The highest BCUT2D eigenvalue weighted by molar-refractivity contribution is 5.80. The van der Waals surface area contributed by atoms with Crippen molar-refractivity contribution in [3.63, 3.8) is 0 Å². The van der Waals surface area contributed by atoms with Gasteiger partial charge in [0.25, 0.3) is 0 Å². The van der Waals surface area contributed by atoms with Crippen molar-refractivity contribution in [3.05, 3.63) is 47.0 Å². The van der Waals surface area contributed by atoms with Crippen molar-refractivity contribution in [2.45, 2.75) is 39.0 Å². The minimum Gasteiger partial charge on any atom is -0.478 e. The molecule has 0 saturated heterocycles. The summed E-state index contributed by atoms with van der Waals surface area (Å²) in [5.41, 5.74) is 3.78. The number of rotatable bonds is 4. The zero-order chi connectivity index (χ0) is 13.0. The van der Waals surface area contributed by atoms with Crippen molar-refractivity contribution >= 4 is 5.97 Å². The van der Waals surface area contributed by atoms with E-state index in [-0.39, 0.29) is 0 Å². The third-order valence-electron chi connectivity index (χ3n) is 3.76. The van der Waals surface area contributed by atoms with Gasteiger partial charge in [-0.15, -0.1) is 0 Å². The summed E-state index contributed by atoms with van der Waals surface area (Å²) < 4.78 is 0. The van der Waals surface area contributed by atoms with E-state index in [9.17, 15) is 4.79 Å². The van der Waals surface area contributed by atoms with E-state index in [4.69, 9.17) is 5.11 Å². The molecule has 2 rings (SSSR count). The molecule has 96 valence electrons. The summed E-state index contributed by atoms with van der Waals surface area (Å²) in [6.07, 6.45) is 6.64. The second kappa shape index (κ2) is 5.85. The highest BCUT2D eigenvalue weighted by atomic mass is 16.4. The minimum absolute atomic E-state index is 0.425. The molecular formula is C16H20O2. The first kappa shape index (κ1) is 12.9. The number of carbonyl (C=O) groups is 1. The number of hydrogen-bond donors (Lipinski definition) is 1. The van der Waals surface area contributed by atoms with Gasteiger partial charge in [-0.2, -0.15) is 0 Å². The number of allylic oxidation sites excluding steroid dienone is 1. The van der Waals surface area contributed by atoms with Crippen molar-refractivity contribution in [3.8, 4) is 0 Å². The van der Waals surface area contributed by atoms with E-state index in [0.717, 1.165) is 37.7 Å². The summed E-state index contributed by atoms with van der Waals surface area (Å²) in [5, 5.41) is 8.85. The molecule has 0 bridgehead atoms. The van der Waals surface area contributed by atoms with Crippen LogP contribution in [0.15, 0.2) is 35.9 Å². The summed E-state index contributed by atoms with van der Waals surface area (Å²) in [6.45, 7) is 2.15. The van der Waals surface area contributed by atoms with Gasteiger partial charge in [0, 0.05) is 6.08 Å². The Hall–Kier alpha value is -1.57. The van der Waals surface area contributed by atoms with Crippen LogP contribution in [0.2, 0.25) is 0 Å². The van der Waals surface area contributed by atoms with Crippen molar-refractivity contribution in [2.24, 2.45) is 5.92 Å². The van der Waals surface area contributed by atoms with Gasteiger partial charge in [0.15, 0.2) is 0 Å². The largest absolute Gasteiger partial charge is 0.478 e. The Morgan fingerprint density at radius 1 is 1.33 bits per heavy atom. The van der Waals surface area contributed by atoms with Crippen molar-refractivity contribution in [2.75, 3.05) is 0 Å². The smallest absolute Gasteiger partial charge is 0.328 e. The number of carboxylic acid groups (broad SMARTS) is 1. The molecule has 1 fully saturated rings. The Bertz CT molecular complexity index is 443. The second-order valence-corrected chi connectivity index (χ2v) is 5.02. The van der Waals surface area contributed by atoms with Crippen molar-refractivity contribution < 1.29 is 9.90 Å². The maximum atomic E-state index is 10.8. The van der Waals surface area contributed by atoms with E-state index in [1.807, 2.05) is 0 Å². The third kappa shape index (κ3) is 3.22. The van der Waals surface area contributed by atoms with Gasteiger partial charge in [-0.05, 0) is 49.1 Å². The Morgan fingerprint density at radius 3 is 2.61 bits per heavy atom. The van der Waals surface area contributed by atoms with E-state index in [0.29, 0.717) is 5.92 Å². The van der Waals surface area contributed by atoms with E-state index in [1.54, 1.807) is 0 Å². The van der Waals surface area contributed by atoms with E-state index in [1.165, 1.54) is 17.2 Å². The molecule has 1 aromatic rings. The van der Waals surface area contributed by atoms with Crippen LogP contribution in [-0.4, -0.2) is 11.1 Å². The average molecular weight is 244 g/mol. The Kier molecular flexibility index (Phi) is 4.19. The molecule has 1 aromatic carbocycles. The summed E-state index contributed by atoms with van der Waals surface area (Å²) in [7, 11) is 0. The Morgan fingerprint density at radius 2 is 2.00 bits per heavy atom. The molecule has 0 heterocycles. The number of benzene rings is 1. The molecule has 0 aliphatic heterocycles. The van der Waals surface area contributed by atoms with Crippen LogP contribution in [0.3, 0.4) is 0 Å². The molecular weight excluding hydrogens is 224 g/mol. The molecule has 0 spiro atoms. The van der Waals surface area contributed by atoms with E-state index in [2.05, 4.69) is 31.2 Å². The Balaban J connectivity index is 2.05. The predicted octanol–water partition coefficient (Wildman–Crippen LogP) is 3.60. The monoisotopic (exact) mass is 244 g/mol. The molecule has 1 saturated carbocycles.